The van der Waals surface area contributed by atoms with Gasteiger partial charge in [-0.15, -0.1) is 0 Å². The Hall–Kier alpha value is -2.76. The number of benzene rings is 2. The first-order valence-electron chi connectivity index (χ1n) is 5.28. The second-order valence-electron chi connectivity index (χ2n) is 3.63. The lowest BCUT2D eigenvalue weighted by atomic mass is 10.2. The molecule has 0 bridgehead atoms. The quantitative estimate of drug-likeness (QED) is 0.480. The lowest BCUT2D eigenvalue weighted by Gasteiger charge is -2.07. The fraction of sp³-hybridized carbons (Fsp3) is 0. The van der Waals surface area contributed by atoms with E-state index in [1.807, 2.05) is 0 Å². The van der Waals surface area contributed by atoms with Crippen LogP contribution in [0.2, 0.25) is 0 Å². The van der Waals surface area contributed by atoms with E-state index < -0.39 is 10.7 Å². The van der Waals surface area contributed by atoms with Gasteiger partial charge in [0.05, 0.1) is 4.92 Å². The van der Waals surface area contributed by atoms with Crippen molar-refractivity contribution in [2.75, 3.05) is 0 Å². The topological polar surface area (TPSA) is 69.4 Å². The van der Waals surface area contributed by atoms with Crippen LogP contribution in [-0.4, -0.2) is 11.2 Å². The fourth-order valence-corrected chi connectivity index (χ4v) is 1.49. The Morgan fingerprint density at radius 1 is 1.16 bits per heavy atom. The zero-order valence-electron chi connectivity index (χ0n) is 9.58. The van der Waals surface area contributed by atoms with Gasteiger partial charge in [-0.2, -0.15) is 0 Å². The summed E-state index contributed by atoms with van der Waals surface area (Å²) in [5.74, 6) is -1.01. The van der Waals surface area contributed by atoms with Crippen molar-refractivity contribution >= 4 is 12.0 Å². The summed E-state index contributed by atoms with van der Waals surface area (Å²) in [4.78, 5) is 20.6. The minimum absolute atomic E-state index is 0.0646. The summed E-state index contributed by atoms with van der Waals surface area (Å²) in [5.41, 5.74) is -0.103. The standard InChI is InChI=1S/C13H8FNO4/c14-10-7-9(8-16)5-6-12(10)19-13-4-2-1-3-11(13)15(17)18/h1-8H. The van der Waals surface area contributed by atoms with Gasteiger partial charge in [0.15, 0.2) is 11.6 Å². The molecule has 2 aromatic carbocycles. The number of carbonyl (C=O) groups is 1. The molecule has 96 valence electrons. The highest BCUT2D eigenvalue weighted by molar-refractivity contribution is 5.75. The first-order valence-corrected chi connectivity index (χ1v) is 5.28. The van der Waals surface area contributed by atoms with Crippen LogP contribution in [0.4, 0.5) is 10.1 Å². The molecule has 0 aliphatic carbocycles. The molecule has 19 heavy (non-hydrogen) atoms. The van der Waals surface area contributed by atoms with Crippen molar-refractivity contribution in [1.29, 1.82) is 0 Å². The third-order valence-electron chi connectivity index (χ3n) is 2.37. The zero-order valence-corrected chi connectivity index (χ0v) is 9.58. The van der Waals surface area contributed by atoms with Crippen LogP contribution < -0.4 is 4.74 Å². The molecule has 2 aromatic rings. The van der Waals surface area contributed by atoms with Crippen LogP contribution in [-0.2, 0) is 0 Å². The predicted octanol–water partition coefficient (Wildman–Crippen LogP) is 3.34. The van der Waals surface area contributed by atoms with E-state index >= 15 is 0 Å². The highest BCUT2D eigenvalue weighted by Crippen LogP contribution is 2.32. The molecule has 0 N–H and O–H groups in total. The van der Waals surface area contributed by atoms with Crippen molar-refractivity contribution in [2.45, 2.75) is 0 Å². The number of nitro groups is 1. The van der Waals surface area contributed by atoms with E-state index in [1.54, 1.807) is 6.07 Å². The molecule has 0 radical (unpaired) electrons. The van der Waals surface area contributed by atoms with E-state index in [-0.39, 0.29) is 22.7 Å². The predicted molar refractivity (Wildman–Crippen MR) is 65.0 cm³/mol. The van der Waals surface area contributed by atoms with E-state index in [1.165, 1.54) is 30.3 Å². The first-order chi connectivity index (χ1) is 9.11. The summed E-state index contributed by atoms with van der Waals surface area (Å²) in [7, 11) is 0. The van der Waals surface area contributed by atoms with Crippen LogP contribution in [0, 0.1) is 15.9 Å². The van der Waals surface area contributed by atoms with Crippen molar-refractivity contribution < 1.29 is 18.8 Å². The molecule has 0 saturated heterocycles. The fourth-order valence-electron chi connectivity index (χ4n) is 1.49. The van der Waals surface area contributed by atoms with Gasteiger partial charge in [-0.05, 0) is 24.3 Å². The van der Waals surface area contributed by atoms with Crippen LogP contribution in [0.15, 0.2) is 42.5 Å². The van der Waals surface area contributed by atoms with Gasteiger partial charge < -0.3 is 4.74 Å². The van der Waals surface area contributed by atoms with Crippen LogP contribution in [0.1, 0.15) is 10.4 Å². The molecule has 0 heterocycles. The molecule has 2 rings (SSSR count). The molecule has 0 unspecified atom stereocenters. The minimum Gasteiger partial charge on any atom is -0.447 e. The van der Waals surface area contributed by atoms with Crippen LogP contribution in [0.3, 0.4) is 0 Å². The molecular weight excluding hydrogens is 253 g/mol. The molecule has 0 atom stereocenters. The second kappa shape index (κ2) is 5.26. The molecule has 0 amide bonds. The lowest BCUT2D eigenvalue weighted by Crippen LogP contribution is -1.95. The number of hydrogen-bond acceptors (Lipinski definition) is 4. The van der Waals surface area contributed by atoms with Gasteiger partial charge in [0, 0.05) is 11.6 Å². The third kappa shape index (κ3) is 2.74. The average molecular weight is 261 g/mol. The number of para-hydroxylation sites is 2. The Balaban J connectivity index is 2.36. The van der Waals surface area contributed by atoms with Crippen LogP contribution >= 0.6 is 0 Å². The molecule has 0 fully saturated rings. The number of halogens is 1. The molecule has 0 aromatic heterocycles. The van der Waals surface area contributed by atoms with E-state index in [4.69, 9.17) is 4.74 Å². The van der Waals surface area contributed by atoms with Gasteiger partial charge >= 0.3 is 5.69 Å². The Kier molecular flexibility index (Phi) is 3.51. The number of nitro benzene ring substituents is 1. The number of nitrogens with zero attached hydrogens (tertiary/aromatic N) is 1. The summed E-state index contributed by atoms with van der Waals surface area (Å²) in [6, 6.07) is 9.25. The maximum atomic E-state index is 13.6. The van der Waals surface area contributed by atoms with Crippen molar-refractivity contribution in [3.63, 3.8) is 0 Å². The summed E-state index contributed by atoms with van der Waals surface area (Å²) >= 11 is 0. The lowest BCUT2D eigenvalue weighted by molar-refractivity contribution is -0.385. The number of ether oxygens (including phenoxy) is 1. The molecule has 0 spiro atoms. The molecule has 0 aliphatic heterocycles. The molecule has 5 nitrogen and oxygen atoms in total. The third-order valence-corrected chi connectivity index (χ3v) is 2.37. The largest absolute Gasteiger partial charge is 0.447 e. The Morgan fingerprint density at radius 3 is 2.53 bits per heavy atom. The van der Waals surface area contributed by atoms with Crippen molar-refractivity contribution in [3.8, 4) is 11.5 Å². The Morgan fingerprint density at radius 2 is 1.89 bits per heavy atom. The van der Waals surface area contributed by atoms with Gasteiger partial charge in [0.2, 0.25) is 5.75 Å². The van der Waals surface area contributed by atoms with E-state index in [0.29, 0.717) is 6.29 Å². The molecule has 6 heteroatoms. The number of carbonyl (C=O) groups excluding carboxylic acids is 1. The maximum absolute atomic E-state index is 13.6. The summed E-state index contributed by atoms with van der Waals surface area (Å²) in [6.45, 7) is 0. The monoisotopic (exact) mass is 261 g/mol. The summed E-state index contributed by atoms with van der Waals surface area (Å²) < 4.78 is 18.8. The van der Waals surface area contributed by atoms with Gasteiger partial charge in [0.1, 0.15) is 6.29 Å². The van der Waals surface area contributed by atoms with Crippen molar-refractivity contribution in [1.82, 2.24) is 0 Å². The van der Waals surface area contributed by atoms with Gasteiger partial charge in [-0.3, -0.25) is 14.9 Å². The summed E-state index contributed by atoms with van der Waals surface area (Å²) in [6.07, 6.45) is 0.498. The van der Waals surface area contributed by atoms with E-state index in [9.17, 15) is 19.3 Å². The summed E-state index contributed by atoms with van der Waals surface area (Å²) in [5, 5.41) is 10.8. The van der Waals surface area contributed by atoms with Gasteiger partial charge in [0.25, 0.3) is 0 Å². The number of aldehydes is 1. The van der Waals surface area contributed by atoms with Crippen molar-refractivity contribution in [2.24, 2.45) is 0 Å². The average Bonchev–Trinajstić information content (AvgIpc) is 2.41. The van der Waals surface area contributed by atoms with Crippen LogP contribution in [0.5, 0.6) is 11.5 Å². The smallest absolute Gasteiger partial charge is 0.311 e. The highest BCUT2D eigenvalue weighted by atomic mass is 19.1. The maximum Gasteiger partial charge on any atom is 0.311 e. The van der Waals surface area contributed by atoms with Crippen molar-refractivity contribution in [3.05, 3.63) is 64.0 Å². The molecule has 0 saturated carbocycles. The first kappa shape index (κ1) is 12.7. The number of hydrogen-bond donors (Lipinski definition) is 0. The van der Waals surface area contributed by atoms with Crippen LogP contribution in [0.25, 0.3) is 0 Å². The van der Waals surface area contributed by atoms with E-state index in [0.717, 1.165) is 6.07 Å². The number of rotatable bonds is 4. The Labute approximate surface area is 107 Å². The SMILES string of the molecule is O=Cc1ccc(Oc2ccccc2[N+](=O)[O-])c(F)c1. The Bertz CT molecular complexity index is 642. The molecule has 0 aliphatic rings. The molecular formula is C13H8FNO4. The van der Waals surface area contributed by atoms with Gasteiger partial charge in [-0.1, -0.05) is 12.1 Å². The highest BCUT2D eigenvalue weighted by Gasteiger charge is 2.16. The minimum atomic E-state index is -0.761. The van der Waals surface area contributed by atoms with E-state index in [2.05, 4.69) is 0 Å². The van der Waals surface area contributed by atoms with Gasteiger partial charge in [-0.25, -0.2) is 4.39 Å². The second-order valence-corrected chi connectivity index (χ2v) is 3.63. The normalized spacial score (nSPS) is 9.95. The zero-order chi connectivity index (χ0) is 13.8.